The zero-order valence-electron chi connectivity index (χ0n) is 12.8. The first kappa shape index (κ1) is 16.0. The minimum absolute atomic E-state index is 0.139. The average molecular weight is 300 g/mol. The van der Waals surface area contributed by atoms with E-state index >= 15 is 0 Å². The number of nitrogens with one attached hydrogen (secondary N) is 1. The van der Waals surface area contributed by atoms with Crippen molar-refractivity contribution >= 4 is 17.3 Å². The average Bonchev–Trinajstić information content (AvgIpc) is 2.56. The number of nitrogens with zero attached hydrogens (tertiary/aromatic N) is 1. The Bertz CT molecular complexity index is 579. The second-order valence-electron chi connectivity index (χ2n) is 4.46. The Labute approximate surface area is 130 Å². The maximum absolute atomic E-state index is 12.1. The van der Waals surface area contributed by atoms with Crippen LogP contribution in [0, 0.1) is 0 Å². The van der Waals surface area contributed by atoms with E-state index in [2.05, 4.69) is 5.32 Å². The lowest BCUT2D eigenvalue weighted by molar-refractivity contribution is -0.0817. The molecule has 0 radical (unpaired) electrons. The Morgan fingerprint density at radius 3 is 2.09 bits per heavy atom. The largest absolute Gasteiger partial charge is 0.322 e. The molecule has 116 valence electrons. The summed E-state index contributed by atoms with van der Waals surface area (Å²) in [5, 5.41) is 4.23. The van der Waals surface area contributed by atoms with Crippen LogP contribution >= 0.6 is 0 Å². The van der Waals surface area contributed by atoms with E-state index in [1.807, 2.05) is 44.2 Å². The third-order valence-corrected chi connectivity index (χ3v) is 2.86. The number of hydrogen-bond donors (Lipinski definition) is 1. The van der Waals surface area contributed by atoms with Gasteiger partial charge in [-0.15, -0.1) is 5.23 Å². The zero-order chi connectivity index (χ0) is 15.8. The molecular formula is C17H20N2O3. The van der Waals surface area contributed by atoms with Gasteiger partial charge in [-0.1, -0.05) is 18.2 Å². The molecule has 0 heterocycles. The van der Waals surface area contributed by atoms with E-state index < -0.39 is 0 Å². The molecular weight excluding hydrogens is 280 g/mol. The van der Waals surface area contributed by atoms with Gasteiger partial charge in [0.25, 0.3) is 5.91 Å². The van der Waals surface area contributed by atoms with Gasteiger partial charge in [-0.2, -0.15) is 0 Å². The topological polar surface area (TPSA) is 50.8 Å². The van der Waals surface area contributed by atoms with Crippen LogP contribution in [0.2, 0.25) is 0 Å². The van der Waals surface area contributed by atoms with E-state index in [0.29, 0.717) is 24.5 Å². The Hall–Kier alpha value is -2.37. The van der Waals surface area contributed by atoms with Crippen LogP contribution < -0.4 is 10.5 Å². The number of carbonyl (C=O) groups is 1. The number of rotatable bonds is 7. The van der Waals surface area contributed by atoms with Crippen molar-refractivity contribution in [2.45, 2.75) is 13.8 Å². The van der Waals surface area contributed by atoms with Crippen molar-refractivity contribution in [3.8, 4) is 0 Å². The van der Waals surface area contributed by atoms with Crippen LogP contribution in [0.1, 0.15) is 24.2 Å². The van der Waals surface area contributed by atoms with Gasteiger partial charge in [-0.05, 0) is 50.2 Å². The molecule has 0 spiro atoms. The van der Waals surface area contributed by atoms with E-state index in [1.54, 1.807) is 24.3 Å². The van der Waals surface area contributed by atoms with Crippen molar-refractivity contribution in [2.75, 3.05) is 23.8 Å². The molecule has 0 aromatic heterocycles. The van der Waals surface area contributed by atoms with Crippen LogP contribution in [0.4, 0.5) is 11.4 Å². The predicted octanol–water partition coefficient (Wildman–Crippen LogP) is 3.65. The molecule has 0 atom stereocenters. The second-order valence-corrected chi connectivity index (χ2v) is 4.46. The molecule has 0 aliphatic rings. The highest BCUT2D eigenvalue weighted by Crippen LogP contribution is 2.19. The van der Waals surface area contributed by atoms with Crippen LogP contribution in [0.15, 0.2) is 54.6 Å². The molecule has 0 aliphatic heterocycles. The van der Waals surface area contributed by atoms with Crippen LogP contribution in [-0.4, -0.2) is 19.1 Å². The quantitative estimate of drug-likeness (QED) is 0.793. The first-order chi connectivity index (χ1) is 10.7. The predicted molar refractivity (Wildman–Crippen MR) is 86.6 cm³/mol. The number of carbonyl (C=O) groups excluding carboxylic acids is 1. The summed E-state index contributed by atoms with van der Waals surface area (Å²) < 4.78 is 0. The molecule has 2 rings (SSSR count). The van der Waals surface area contributed by atoms with Crippen LogP contribution in [0.25, 0.3) is 0 Å². The monoisotopic (exact) mass is 300 g/mol. The Morgan fingerprint density at radius 1 is 0.955 bits per heavy atom. The van der Waals surface area contributed by atoms with Gasteiger partial charge >= 0.3 is 0 Å². The van der Waals surface area contributed by atoms with E-state index in [0.717, 1.165) is 5.69 Å². The maximum Gasteiger partial charge on any atom is 0.255 e. The lowest BCUT2D eigenvalue weighted by Crippen LogP contribution is -2.23. The summed E-state index contributed by atoms with van der Waals surface area (Å²) in [6.45, 7) is 4.79. The van der Waals surface area contributed by atoms with Crippen molar-refractivity contribution in [2.24, 2.45) is 0 Å². The Balaban J connectivity index is 2.03. The third kappa shape index (κ3) is 4.31. The van der Waals surface area contributed by atoms with Crippen molar-refractivity contribution in [3.05, 3.63) is 60.2 Å². The Kier molecular flexibility index (Phi) is 5.94. The number of hydrogen-bond acceptors (Lipinski definition) is 4. The van der Waals surface area contributed by atoms with E-state index in [4.69, 9.17) is 9.68 Å². The van der Waals surface area contributed by atoms with Crippen molar-refractivity contribution < 1.29 is 14.5 Å². The molecule has 0 saturated heterocycles. The van der Waals surface area contributed by atoms with E-state index in [-0.39, 0.29) is 5.91 Å². The molecule has 1 amide bonds. The highest BCUT2D eigenvalue weighted by molar-refractivity contribution is 6.04. The van der Waals surface area contributed by atoms with E-state index in [1.165, 1.54) is 5.23 Å². The first-order valence-corrected chi connectivity index (χ1v) is 7.27. The van der Waals surface area contributed by atoms with Gasteiger partial charge in [0.15, 0.2) is 0 Å². The summed E-state index contributed by atoms with van der Waals surface area (Å²) in [6.07, 6.45) is 0. The highest BCUT2D eigenvalue weighted by Gasteiger charge is 2.08. The molecule has 2 aromatic carbocycles. The van der Waals surface area contributed by atoms with Gasteiger partial charge in [0.2, 0.25) is 0 Å². The molecule has 2 aromatic rings. The molecule has 5 heteroatoms. The number of benzene rings is 2. The van der Waals surface area contributed by atoms with Gasteiger partial charge in [-0.25, -0.2) is 9.68 Å². The van der Waals surface area contributed by atoms with Crippen LogP contribution in [-0.2, 0) is 9.68 Å². The molecule has 0 fully saturated rings. The van der Waals surface area contributed by atoms with Crippen molar-refractivity contribution in [1.29, 1.82) is 0 Å². The SMILES string of the molecule is CCON(OCC)c1ccc(NC(=O)c2ccccc2)cc1. The molecule has 5 nitrogen and oxygen atoms in total. The molecule has 1 N–H and O–H groups in total. The molecule has 0 bridgehead atoms. The van der Waals surface area contributed by atoms with Gasteiger partial charge in [0, 0.05) is 11.3 Å². The number of amides is 1. The minimum Gasteiger partial charge on any atom is -0.322 e. The summed E-state index contributed by atoms with van der Waals surface area (Å²) in [6, 6.07) is 16.4. The normalized spacial score (nSPS) is 10.3. The summed E-state index contributed by atoms with van der Waals surface area (Å²) >= 11 is 0. The molecule has 0 aliphatic carbocycles. The fourth-order valence-electron chi connectivity index (χ4n) is 1.88. The third-order valence-electron chi connectivity index (χ3n) is 2.86. The van der Waals surface area contributed by atoms with E-state index in [9.17, 15) is 4.79 Å². The lowest BCUT2D eigenvalue weighted by Gasteiger charge is -2.21. The maximum atomic E-state index is 12.1. The van der Waals surface area contributed by atoms with Crippen LogP contribution in [0.3, 0.4) is 0 Å². The summed E-state index contributed by atoms with van der Waals surface area (Å²) in [4.78, 5) is 22.8. The summed E-state index contributed by atoms with van der Waals surface area (Å²) in [7, 11) is 0. The van der Waals surface area contributed by atoms with Crippen molar-refractivity contribution in [3.63, 3.8) is 0 Å². The molecule has 0 saturated carbocycles. The van der Waals surface area contributed by atoms with Crippen LogP contribution in [0.5, 0.6) is 0 Å². The molecule has 0 unspecified atom stereocenters. The van der Waals surface area contributed by atoms with Gasteiger partial charge < -0.3 is 5.32 Å². The van der Waals surface area contributed by atoms with Gasteiger partial charge in [0.1, 0.15) is 0 Å². The smallest absolute Gasteiger partial charge is 0.255 e. The molecule has 22 heavy (non-hydrogen) atoms. The second kappa shape index (κ2) is 8.17. The summed E-state index contributed by atoms with van der Waals surface area (Å²) in [5.41, 5.74) is 2.10. The van der Waals surface area contributed by atoms with Crippen molar-refractivity contribution in [1.82, 2.24) is 0 Å². The first-order valence-electron chi connectivity index (χ1n) is 7.27. The lowest BCUT2D eigenvalue weighted by atomic mass is 10.2. The number of anilines is 2. The zero-order valence-corrected chi connectivity index (χ0v) is 12.8. The standard InChI is InChI=1S/C17H20N2O3/c1-3-21-19(22-4-2)16-12-10-15(11-13-16)18-17(20)14-8-6-5-7-9-14/h5-13H,3-4H2,1-2H3,(H,18,20). The summed E-state index contributed by atoms with van der Waals surface area (Å²) in [5.74, 6) is -0.139. The van der Waals surface area contributed by atoms with Gasteiger partial charge in [-0.3, -0.25) is 4.79 Å². The Morgan fingerprint density at radius 2 is 1.55 bits per heavy atom. The highest BCUT2D eigenvalue weighted by atomic mass is 16.9. The van der Waals surface area contributed by atoms with Gasteiger partial charge in [0.05, 0.1) is 18.9 Å². The fraction of sp³-hybridized carbons (Fsp3) is 0.235. The minimum atomic E-state index is -0.139. The fourth-order valence-corrected chi connectivity index (χ4v) is 1.88.